The normalized spacial score (nSPS) is 17.1. The van der Waals surface area contributed by atoms with Gasteiger partial charge in [-0.2, -0.15) is 5.10 Å². The second-order valence-corrected chi connectivity index (χ2v) is 7.46. The van der Waals surface area contributed by atoms with E-state index >= 15 is 0 Å². The molecule has 0 saturated heterocycles. The Balaban J connectivity index is 1.40. The third-order valence-electron chi connectivity index (χ3n) is 5.44. The standard InChI is InChI=1S/C21H19N5/c1-2-4-20-18(3-1)22-24-26(20)17-11-9-16(10-12-17)25-21(15-7-8-15)13-19(23-25)14-5-6-14/h1-4,9-15H,5-8H2. The molecule has 0 N–H and O–H groups in total. The number of benzene rings is 2. The van der Waals surface area contributed by atoms with Gasteiger partial charge in [0.25, 0.3) is 0 Å². The maximum Gasteiger partial charge on any atom is 0.113 e. The molecule has 0 spiro atoms. The van der Waals surface area contributed by atoms with Crippen molar-refractivity contribution in [1.29, 1.82) is 0 Å². The highest BCUT2D eigenvalue weighted by Crippen LogP contribution is 2.45. The quantitative estimate of drug-likeness (QED) is 0.554. The second-order valence-electron chi connectivity index (χ2n) is 7.46. The van der Waals surface area contributed by atoms with Crippen LogP contribution in [0.15, 0.2) is 54.6 Å². The molecule has 2 aliphatic rings. The van der Waals surface area contributed by atoms with Crippen LogP contribution in [0.1, 0.15) is 48.9 Å². The minimum Gasteiger partial charge on any atom is -0.237 e. The minimum atomic E-state index is 0.689. The number of rotatable bonds is 4. The maximum absolute atomic E-state index is 4.93. The summed E-state index contributed by atoms with van der Waals surface area (Å²) in [6.45, 7) is 0. The highest BCUT2D eigenvalue weighted by molar-refractivity contribution is 5.75. The van der Waals surface area contributed by atoms with Gasteiger partial charge in [0.15, 0.2) is 0 Å². The predicted molar refractivity (Wildman–Crippen MR) is 99.9 cm³/mol. The molecule has 0 radical (unpaired) electrons. The van der Waals surface area contributed by atoms with Gasteiger partial charge >= 0.3 is 0 Å². The fourth-order valence-corrected chi connectivity index (χ4v) is 3.66. The van der Waals surface area contributed by atoms with Crippen molar-refractivity contribution in [3.05, 3.63) is 66.0 Å². The Morgan fingerprint density at radius 3 is 2.19 bits per heavy atom. The smallest absolute Gasteiger partial charge is 0.113 e. The second kappa shape index (κ2) is 5.27. The monoisotopic (exact) mass is 341 g/mol. The lowest BCUT2D eigenvalue weighted by Crippen LogP contribution is -2.03. The summed E-state index contributed by atoms with van der Waals surface area (Å²) in [5.74, 6) is 1.38. The van der Waals surface area contributed by atoms with Crippen molar-refractivity contribution in [2.75, 3.05) is 0 Å². The topological polar surface area (TPSA) is 48.5 Å². The Labute approximate surface area is 151 Å². The summed E-state index contributed by atoms with van der Waals surface area (Å²) in [5, 5.41) is 13.5. The number of para-hydroxylation sites is 1. The first kappa shape index (κ1) is 14.2. The molecule has 6 rings (SSSR count). The van der Waals surface area contributed by atoms with Crippen LogP contribution in [0.25, 0.3) is 22.4 Å². The van der Waals surface area contributed by atoms with E-state index in [1.807, 2.05) is 28.9 Å². The Bertz CT molecular complexity index is 1100. The zero-order valence-corrected chi connectivity index (χ0v) is 14.4. The van der Waals surface area contributed by atoms with Gasteiger partial charge in [-0.3, -0.25) is 0 Å². The summed E-state index contributed by atoms with van der Waals surface area (Å²) in [6.07, 6.45) is 5.16. The molecule has 2 aliphatic carbocycles. The Kier molecular flexibility index (Phi) is 2.89. The van der Waals surface area contributed by atoms with Gasteiger partial charge in [-0.1, -0.05) is 17.3 Å². The Morgan fingerprint density at radius 1 is 0.769 bits per heavy atom. The van der Waals surface area contributed by atoms with E-state index in [4.69, 9.17) is 5.10 Å². The van der Waals surface area contributed by atoms with Crippen LogP contribution in [0, 0.1) is 0 Å². The highest BCUT2D eigenvalue weighted by Gasteiger charge is 2.32. The number of fused-ring (bicyclic) bond motifs is 1. The molecule has 0 aliphatic heterocycles. The third-order valence-corrected chi connectivity index (χ3v) is 5.44. The molecule has 5 nitrogen and oxygen atoms in total. The van der Waals surface area contributed by atoms with Crippen LogP contribution in [0.2, 0.25) is 0 Å². The molecule has 4 aromatic rings. The van der Waals surface area contributed by atoms with E-state index in [1.165, 1.54) is 37.1 Å². The summed E-state index contributed by atoms with van der Waals surface area (Å²) < 4.78 is 4.05. The molecule has 2 aromatic heterocycles. The molecule has 2 fully saturated rings. The largest absolute Gasteiger partial charge is 0.237 e. The molecule has 2 aromatic carbocycles. The Hall–Kier alpha value is -2.95. The average molecular weight is 341 g/mol. The molecule has 2 saturated carbocycles. The zero-order valence-electron chi connectivity index (χ0n) is 14.4. The van der Waals surface area contributed by atoms with Crippen LogP contribution in [0.5, 0.6) is 0 Å². The van der Waals surface area contributed by atoms with Gasteiger partial charge < -0.3 is 0 Å². The van der Waals surface area contributed by atoms with Gasteiger partial charge in [-0.15, -0.1) is 5.10 Å². The van der Waals surface area contributed by atoms with Gasteiger partial charge in [-0.25, -0.2) is 9.36 Å². The van der Waals surface area contributed by atoms with Crippen LogP contribution in [0.4, 0.5) is 0 Å². The van der Waals surface area contributed by atoms with E-state index < -0.39 is 0 Å². The van der Waals surface area contributed by atoms with Crippen molar-refractivity contribution < 1.29 is 0 Å². The van der Waals surface area contributed by atoms with E-state index in [-0.39, 0.29) is 0 Å². The highest BCUT2D eigenvalue weighted by atomic mass is 15.4. The summed E-state index contributed by atoms with van der Waals surface area (Å²) in [4.78, 5) is 0. The SMILES string of the molecule is c1ccc2c(c1)nnn2-c1ccc(-n2nc(C3CC3)cc2C2CC2)cc1. The lowest BCUT2D eigenvalue weighted by molar-refractivity contribution is 0.784. The average Bonchev–Trinajstić information content (AvgIpc) is 3.62. The van der Waals surface area contributed by atoms with Crippen molar-refractivity contribution in [1.82, 2.24) is 24.8 Å². The van der Waals surface area contributed by atoms with Crippen LogP contribution < -0.4 is 0 Å². The van der Waals surface area contributed by atoms with Crippen molar-refractivity contribution in [2.45, 2.75) is 37.5 Å². The van der Waals surface area contributed by atoms with Crippen LogP contribution in [-0.2, 0) is 0 Å². The van der Waals surface area contributed by atoms with Gasteiger partial charge in [0.2, 0.25) is 0 Å². The van der Waals surface area contributed by atoms with Crippen LogP contribution in [-0.4, -0.2) is 24.8 Å². The number of nitrogens with zero attached hydrogens (tertiary/aromatic N) is 5. The van der Waals surface area contributed by atoms with Crippen LogP contribution >= 0.6 is 0 Å². The minimum absolute atomic E-state index is 0.689. The molecule has 5 heteroatoms. The Morgan fingerprint density at radius 2 is 1.46 bits per heavy atom. The lowest BCUT2D eigenvalue weighted by atomic mass is 10.2. The number of aromatic nitrogens is 5. The molecule has 0 atom stereocenters. The molecular weight excluding hydrogens is 322 g/mol. The summed E-state index contributed by atoms with van der Waals surface area (Å²) in [7, 11) is 0. The van der Waals surface area contributed by atoms with Gasteiger partial charge in [0.05, 0.1) is 22.6 Å². The summed E-state index contributed by atoms with van der Waals surface area (Å²) in [5.41, 5.74) is 6.74. The molecule has 0 bridgehead atoms. The summed E-state index contributed by atoms with van der Waals surface area (Å²) >= 11 is 0. The first-order chi connectivity index (χ1) is 12.9. The molecule has 0 amide bonds. The fourth-order valence-electron chi connectivity index (χ4n) is 3.66. The van der Waals surface area contributed by atoms with Gasteiger partial charge in [-0.05, 0) is 68.1 Å². The number of hydrogen-bond acceptors (Lipinski definition) is 3. The van der Waals surface area contributed by atoms with Crippen molar-refractivity contribution in [2.24, 2.45) is 0 Å². The van der Waals surface area contributed by atoms with Gasteiger partial charge in [0.1, 0.15) is 5.52 Å². The predicted octanol–water partition coefficient (Wildman–Crippen LogP) is 4.36. The fraction of sp³-hybridized carbons (Fsp3) is 0.286. The third kappa shape index (κ3) is 2.27. The maximum atomic E-state index is 4.93. The molecular formula is C21H19N5. The van der Waals surface area contributed by atoms with E-state index in [2.05, 4.69) is 45.3 Å². The van der Waals surface area contributed by atoms with E-state index in [9.17, 15) is 0 Å². The van der Waals surface area contributed by atoms with Crippen molar-refractivity contribution >= 4 is 11.0 Å². The first-order valence-corrected chi connectivity index (χ1v) is 9.38. The van der Waals surface area contributed by atoms with Crippen molar-refractivity contribution in [3.8, 4) is 11.4 Å². The zero-order chi connectivity index (χ0) is 17.1. The van der Waals surface area contributed by atoms with Crippen LogP contribution in [0.3, 0.4) is 0 Å². The summed E-state index contributed by atoms with van der Waals surface area (Å²) in [6, 6.07) is 18.9. The molecule has 0 unspecified atom stereocenters. The number of hydrogen-bond donors (Lipinski definition) is 0. The van der Waals surface area contributed by atoms with Gasteiger partial charge in [0, 0.05) is 17.5 Å². The molecule has 2 heterocycles. The lowest BCUT2D eigenvalue weighted by Gasteiger charge is -2.08. The van der Waals surface area contributed by atoms with E-state index in [1.54, 1.807) is 0 Å². The first-order valence-electron chi connectivity index (χ1n) is 9.38. The molecule has 26 heavy (non-hydrogen) atoms. The van der Waals surface area contributed by atoms with Crippen molar-refractivity contribution in [3.63, 3.8) is 0 Å². The van der Waals surface area contributed by atoms with E-state index in [0.717, 1.165) is 22.4 Å². The molecule has 128 valence electrons. The van der Waals surface area contributed by atoms with E-state index in [0.29, 0.717) is 11.8 Å².